The molecule has 0 unspecified atom stereocenters. The van der Waals surface area contributed by atoms with Gasteiger partial charge in [-0.05, 0) is 116 Å². The Morgan fingerprint density at radius 2 is 0.693 bits per heavy atom. The molecule has 362 valence electrons. The van der Waals surface area contributed by atoms with E-state index in [0.717, 1.165) is 34.1 Å². The molecular weight excluding hydrogens is 937 g/mol. The maximum Gasteiger partial charge on any atom is 0.0775 e. The standard InChI is InChI=1S/C71H60N2Si2/c1-74(2,3)54-41-36-51(37-42-54)72(67-34-19-15-26-56(67)49-22-9-7-10-23-49)53-40-45-60-61-46-47-69(73(52-38-43-55(44-39-52)75(4,5)6)68-35-20-16-27-57(68)50-24-11-8-12-25-50)62-30-21-33-65(70(61)62)71(66(60)48-53)63-31-17-13-28-58(63)59-29-14-18-32-64(59)71/h7-48H,1-6H3. The first-order chi connectivity index (χ1) is 36.5. The molecule has 0 radical (unpaired) electrons. The van der Waals surface area contributed by atoms with Crippen LogP contribution in [0, 0.1) is 0 Å². The van der Waals surface area contributed by atoms with Crippen LogP contribution in [-0.2, 0) is 5.41 Å². The number of hydrogen-bond donors (Lipinski definition) is 0. The van der Waals surface area contributed by atoms with Gasteiger partial charge in [0.1, 0.15) is 0 Å². The fraction of sp³-hybridized carbons (Fsp3) is 0.0986. The van der Waals surface area contributed by atoms with Crippen molar-refractivity contribution in [1.82, 2.24) is 0 Å². The summed E-state index contributed by atoms with van der Waals surface area (Å²) in [5.41, 5.74) is 21.3. The second-order valence-corrected chi connectivity index (χ2v) is 32.6. The molecule has 0 saturated carbocycles. The molecule has 0 heterocycles. The fourth-order valence-corrected chi connectivity index (χ4v) is 14.8. The second-order valence-electron chi connectivity index (χ2n) is 22.5. The van der Waals surface area contributed by atoms with Crippen molar-refractivity contribution in [3.63, 3.8) is 0 Å². The predicted molar refractivity (Wildman–Crippen MR) is 326 cm³/mol. The van der Waals surface area contributed by atoms with Gasteiger partial charge in [-0.2, -0.15) is 0 Å². The van der Waals surface area contributed by atoms with Gasteiger partial charge in [-0.15, -0.1) is 0 Å². The first-order valence-electron chi connectivity index (χ1n) is 26.5. The van der Waals surface area contributed by atoms with E-state index in [1.807, 2.05) is 0 Å². The van der Waals surface area contributed by atoms with Crippen molar-refractivity contribution in [3.8, 4) is 44.5 Å². The maximum absolute atomic E-state index is 2.54. The van der Waals surface area contributed by atoms with Gasteiger partial charge in [0.05, 0.1) is 38.6 Å². The number of hydrogen-bond acceptors (Lipinski definition) is 2. The van der Waals surface area contributed by atoms with Gasteiger partial charge in [-0.25, -0.2) is 0 Å². The third-order valence-corrected chi connectivity index (χ3v) is 20.1. The Kier molecular flexibility index (Phi) is 11.1. The average molecular weight is 997 g/mol. The minimum atomic E-state index is -1.58. The third-order valence-electron chi connectivity index (χ3n) is 16.0. The molecule has 1 spiro atoms. The first kappa shape index (κ1) is 46.5. The van der Waals surface area contributed by atoms with E-state index in [9.17, 15) is 0 Å². The Balaban J connectivity index is 1.10. The zero-order valence-electron chi connectivity index (χ0n) is 43.6. The van der Waals surface area contributed by atoms with E-state index in [4.69, 9.17) is 0 Å². The molecule has 2 aliphatic carbocycles. The number of benzene rings is 11. The van der Waals surface area contributed by atoms with Gasteiger partial charge in [-0.3, -0.25) is 0 Å². The molecular formula is C71H60N2Si2. The summed E-state index contributed by atoms with van der Waals surface area (Å²) in [6.07, 6.45) is 0. The molecule has 0 N–H and O–H groups in total. The van der Waals surface area contributed by atoms with Gasteiger partial charge in [-0.1, -0.05) is 250 Å². The van der Waals surface area contributed by atoms with Crippen LogP contribution in [0.1, 0.15) is 22.3 Å². The molecule has 2 nitrogen and oxygen atoms in total. The molecule has 0 aliphatic heterocycles. The summed E-state index contributed by atoms with van der Waals surface area (Å²) in [5, 5.41) is 5.40. The highest BCUT2D eigenvalue weighted by atomic mass is 28.3. The van der Waals surface area contributed by atoms with Crippen LogP contribution in [-0.4, -0.2) is 16.1 Å². The molecule has 0 atom stereocenters. The van der Waals surface area contributed by atoms with Crippen molar-refractivity contribution < 1.29 is 0 Å². The zero-order valence-corrected chi connectivity index (χ0v) is 45.6. The fourth-order valence-electron chi connectivity index (χ4n) is 12.4. The van der Waals surface area contributed by atoms with E-state index in [0.29, 0.717) is 0 Å². The lowest BCUT2D eigenvalue weighted by Crippen LogP contribution is -2.37. The number of nitrogens with zero attached hydrogens (tertiary/aromatic N) is 2. The Bertz CT molecular complexity index is 3920. The minimum absolute atomic E-state index is 0.637. The molecule has 0 fully saturated rings. The molecule has 0 bridgehead atoms. The van der Waals surface area contributed by atoms with E-state index < -0.39 is 21.6 Å². The SMILES string of the molecule is C[Si](C)(C)c1ccc(N(c2ccc3c(c2)C2(c4ccccc4-c4ccccc42)c2cccc4c(N(c5ccc([Si](C)(C)C)cc5)c5ccccc5-c5ccccc5)ccc-3c24)c2ccccc2-c2ccccc2)cc1. The van der Waals surface area contributed by atoms with Gasteiger partial charge in [0.25, 0.3) is 0 Å². The largest absolute Gasteiger partial charge is 0.310 e. The third kappa shape index (κ3) is 7.57. The maximum atomic E-state index is 2.54. The second kappa shape index (κ2) is 18.0. The summed E-state index contributed by atoms with van der Waals surface area (Å²) < 4.78 is 0. The van der Waals surface area contributed by atoms with Crippen molar-refractivity contribution in [2.24, 2.45) is 0 Å². The molecule has 11 aromatic carbocycles. The van der Waals surface area contributed by atoms with E-state index in [2.05, 4.69) is 304 Å². The minimum Gasteiger partial charge on any atom is -0.310 e. The monoisotopic (exact) mass is 996 g/mol. The molecule has 0 saturated heterocycles. The molecule has 0 aromatic heterocycles. The van der Waals surface area contributed by atoms with Crippen LogP contribution in [0.3, 0.4) is 0 Å². The van der Waals surface area contributed by atoms with Gasteiger partial charge in [0, 0.05) is 33.6 Å². The van der Waals surface area contributed by atoms with E-state index in [-0.39, 0.29) is 0 Å². The summed E-state index contributed by atoms with van der Waals surface area (Å²) in [5.74, 6) is 0. The Hall–Kier alpha value is -8.29. The summed E-state index contributed by atoms with van der Waals surface area (Å²) >= 11 is 0. The van der Waals surface area contributed by atoms with E-state index >= 15 is 0 Å². The summed E-state index contributed by atoms with van der Waals surface area (Å²) in [6.45, 7) is 14.6. The van der Waals surface area contributed by atoms with Crippen LogP contribution >= 0.6 is 0 Å². The molecule has 75 heavy (non-hydrogen) atoms. The quantitative estimate of drug-likeness (QED) is 0.126. The van der Waals surface area contributed by atoms with Crippen molar-refractivity contribution in [3.05, 3.63) is 277 Å². The van der Waals surface area contributed by atoms with Crippen LogP contribution in [0.15, 0.2) is 255 Å². The first-order valence-corrected chi connectivity index (χ1v) is 33.5. The number of para-hydroxylation sites is 2. The Labute approximate surface area is 444 Å². The number of fused-ring (bicyclic) bond motifs is 9. The predicted octanol–water partition coefficient (Wildman–Crippen LogP) is 18.5. The van der Waals surface area contributed by atoms with Crippen LogP contribution in [0.4, 0.5) is 34.1 Å². The Morgan fingerprint density at radius 3 is 1.23 bits per heavy atom. The van der Waals surface area contributed by atoms with Gasteiger partial charge < -0.3 is 9.80 Å². The zero-order chi connectivity index (χ0) is 51.1. The number of rotatable bonds is 10. The topological polar surface area (TPSA) is 6.48 Å². The normalized spacial score (nSPS) is 13.0. The summed E-state index contributed by atoms with van der Waals surface area (Å²) in [7, 11) is -3.15. The summed E-state index contributed by atoms with van der Waals surface area (Å²) in [6, 6.07) is 96.2. The van der Waals surface area contributed by atoms with Gasteiger partial charge in [0.15, 0.2) is 0 Å². The van der Waals surface area contributed by atoms with Crippen LogP contribution in [0.25, 0.3) is 55.3 Å². The number of anilines is 6. The lowest BCUT2D eigenvalue weighted by molar-refractivity contribution is 0.773. The Morgan fingerprint density at radius 1 is 0.280 bits per heavy atom. The van der Waals surface area contributed by atoms with Gasteiger partial charge in [0.2, 0.25) is 0 Å². The molecule has 2 aliphatic rings. The molecule has 4 heteroatoms. The molecule has 0 amide bonds. The van der Waals surface area contributed by atoms with Crippen molar-refractivity contribution in [1.29, 1.82) is 0 Å². The van der Waals surface area contributed by atoms with Crippen molar-refractivity contribution in [2.75, 3.05) is 9.80 Å². The lowest BCUT2D eigenvalue weighted by atomic mass is 9.61. The lowest BCUT2D eigenvalue weighted by Gasteiger charge is -2.41. The smallest absolute Gasteiger partial charge is 0.0775 e. The molecule has 11 aromatic rings. The summed E-state index contributed by atoms with van der Waals surface area (Å²) in [4.78, 5) is 5.03. The van der Waals surface area contributed by atoms with Crippen LogP contribution < -0.4 is 20.2 Å². The van der Waals surface area contributed by atoms with Crippen molar-refractivity contribution >= 4 is 71.4 Å². The highest BCUT2D eigenvalue weighted by molar-refractivity contribution is 6.89. The highest BCUT2D eigenvalue weighted by Crippen LogP contribution is 2.63. The van der Waals surface area contributed by atoms with E-state index in [1.165, 1.54) is 87.9 Å². The van der Waals surface area contributed by atoms with E-state index in [1.54, 1.807) is 0 Å². The highest BCUT2D eigenvalue weighted by Gasteiger charge is 2.50. The molecule has 13 rings (SSSR count). The van der Waals surface area contributed by atoms with Crippen molar-refractivity contribution in [2.45, 2.75) is 44.7 Å². The average Bonchev–Trinajstić information content (AvgIpc) is 3.99. The van der Waals surface area contributed by atoms with Crippen LogP contribution in [0.2, 0.25) is 39.3 Å². The van der Waals surface area contributed by atoms with Gasteiger partial charge >= 0.3 is 0 Å². The van der Waals surface area contributed by atoms with Crippen LogP contribution in [0.5, 0.6) is 0 Å².